The Bertz CT molecular complexity index is 398. The van der Waals surface area contributed by atoms with Crippen molar-refractivity contribution in [2.45, 2.75) is 4.22 Å². The molecule has 2 rings (SSSR count). The second kappa shape index (κ2) is 5.65. The molecule has 1 aliphatic rings. The van der Waals surface area contributed by atoms with Crippen LogP contribution >= 0.6 is 0 Å². The van der Waals surface area contributed by atoms with E-state index in [1.807, 2.05) is 42.5 Å². The molecule has 0 saturated heterocycles. The first-order chi connectivity index (χ1) is 8.30. The molecule has 0 amide bonds. The topological polar surface area (TPSA) is 27.7 Å². The maximum absolute atomic E-state index is 6.02. The van der Waals surface area contributed by atoms with Crippen molar-refractivity contribution in [2.24, 2.45) is 0 Å². The molecule has 3 nitrogen and oxygen atoms in total. The van der Waals surface area contributed by atoms with Crippen LogP contribution in [0, 0.1) is 0 Å². The van der Waals surface area contributed by atoms with E-state index < -0.39 is 17.8 Å². The molecular weight excluding hydrogens is 252 g/mol. The molecule has 0 fully saturated rings. The van der Waals surface area contributed by atoms with Crippen LogP contribution in [0.4, 0.5) is 0 Å². The van der Waals surface area contributed by atoms with E-state index in [2.05, 4.69) is 12.2 Å². The Balaban J connectivity index is 2.22. The van der Waals surface area contributed by atoms with Crippen molar-refractivity contribution in [1.82, 2.24) is 0 Å². The summed E-state index contributed by atoms with van der Waals surface area (Å²) in [5, 5.41) is 0. The Hall–Kier alpha value is -0.866. The van der Waals surface area contributed by atoms with Gasteiger partial charge in [0.05, 0.1) is 0 Å². The summed E-state index contributed by atoms with van der Waals surface area (Å²) >= 11 is -3.29. The molecule has 0 bridgehead atoms. The van der Waals surface area contributed by atoms with Gasteiger partial charge in [-0.25, -0.2) is 0 Å². The van der Waals surface area contributed by atoms with Gasteiger partial charge in [0.1, 0.15) is 0 Å². The van der Waals surface area contributed by atoms with Gasteiger partial charge in [0.2, 0.25) is 0 Å². The second-order valence-corrected chi connectivity index (χ2v) is 8.24. The summed E-state index contributed by atoms with van der Waals surface area (Å²) in [5.41, 5.74) is 0. The van der Waals surface area contributed by atoms with E-state index in [1.54, 1.807) is 14.2 Å². The summed E-state index contributed by atoms with van der Waals surface area (Å²) in [7, 11) is 3.32. The zero-order valence-corrected chi connectivity index (χ0v) is 11.6. The fourth-order valence-corrected chi connectivity index (χ4v) is 5.22. The van der Waals surface area contributed by atoms with Crippen molar-refractivity contribution < 1.29 is 27.7 Å². The van der Waals surface area contributed by atoms with E-state index in [9.17, 15) is 0 Å². The van der Waals surface area contributed by atoms with Crippen LogP contribution in [0.5, 0.6) is 5.75 Å². The van der Waals surface area contributed by atoms with Gasteiger partial charge in [0.15, 0.2) is 0 Å². The Kier molecular flexibility index (Phi) is 4.18. The first-order valence-corrected chi connectivity index (χ1v) is 8.31. The van der Waals surface area contributed by atoms with Crippen LogP contribution in [0.2, 0.25) is 4.22 Å². The molecule has 0 saturated carbocycles. The van der Waals surface area contributed by atoms with Crippen LogP contribution in [-0.4, -0.2) is 14.2 Å². The van der Waals surface area contributed by atoms with E-state index in [4.69, 9.17) is 9.96 Å². The average molecular weight is 268 g/mol. The van der Waals surface area contributed by atoms with E-state index in [0.717, 1.165) is 5.75 Å². The minimum atomic E-state index is -3.29. The van der Waals surface area contributed by atoms with Crippen molar-refractivity contribution >= 4 is 0 Å². The zero-order chi connectivity index (χ0) is 12.1. The number of hydrogen-bond acceptors (Lipinski definition) is 3. The summed E-state index contributed by atoms with van der Waals surface area (Å²) in [5.74, 6) is 0.796. The molecule has 90 valence electrons. The molecule has 0 heterocycles. The standard InChI is InChI=1S/C6H6O.C5H5.2CH3O.Ti/c7-6-4-2-1-3-5-6;1-2-4-5-3-1;2*1-2;/h1-5,7H;1-5H;2*1H3;/q;;2*-1;+3/p-1. The molecule has 0 atom stereocenters. The predicted octanol–water partition coefficient (Wildman–Crippen LogP) is 3.17. The molecule has 0 N–H and O–H groups in total. The van der Waals surface area contributed by atoms with Crippen LogP contribution in [0.25, 0.3) is 0 Å². The van der Waals surface area contributed by atoms with Crippen molar-refractivity contribution in [2.75, 3.05) is 14.2 Å². The number of benzene rings is 1. The Morgan fingerprint density at radius 1 is 0.941 bits per heavy atom. The number of para-hydroxylation sites is 1. The third kappa shape index (κ3) is 2.69. The summed E-state index contributed by atoms with van der Waals surface area (Å²) < 4.78 is 17.4. The van der Waals surface area contributed by atoms with Gasteiger partial charge >= 0.3 is 107 Å². The Morgan fingerprint density at radius 3 is 2.06 bits per heavy atom. The SMILES string of the molecule is C[O][Ti]([O]C)([O]c1ccccc1)[CH]1C=CC=C1. The van der Waals surface area contributed by atoms with Gasteiger partial charge < -0.3 is 0 Å². The maximum atomic E-state index is 6.02. The fraction of sp³-hybridized carbons (Fsp3) is 0.231. The van der Waals surface area contributed by atoms with E-state index in [-0.39, 0.29) is 4.22 Å². The van der Waals surface area contributed by atoms with Crippen LogP contribution in [0.15, 0.2) is 54.6 Å². The number of allylic oxidation sites excluding steroid dienone is 4. The van der Waals surface area contributed by atoms with E-state index in [1.165, 1.54) is 0 Å². The molecule has 0 aromatic heterocycles. The van der Waals surface area contributed by atoms with Crippen LogP contribution < -0.4 is 3.32 Å². The zero-order valence-electron chi connectivity index (χ0n) is 10.00. The molecule has 0 unspecified atom stereocenters. The predicted molar refractivity (Wildman–Crippen MR) is 63.1 cm³/mol. The van der Waals surface area contributed by atoms with Gasteiger partial charge in [-0.3, -0.25) is 0 Å². The van der Waals surface area contributed by atoms with Gasteiger partial charge in [-0.2, -0.15) is 0 Å². The van der Waals surface area contributed by atoms with Crippen molar-refractivity contribution in [1.29, 1.82) is 0 Å². The molecular formula is C13H16O3Ti. The summed E-state index contributed by atoms with van der Waals surface area (Å²) in [6.45, 7) is 0. The van der Waals surface area contributed by atoms with Gasteiger partial charge in [0.25, 0.3) is 0 Å². The number of hydrogen-bond donors (Lipinski definition) is 0. The minimum absolute atomic E-state index is 0.130. The molecule has 17 heavy (non-hydrogen) atoms. The van der Waals surface area contributed by atoms with Gasteiger partial charge in [-0.15, -0.1) is 0 Å². The molecule has 0 radical (unpaired) electrons. The van der Waals surface area contributed by atoms with Crippen molar-refractivity contribution in [3.05, 3.63) is 54.6 Å². The van der Waals surface area contributed by atoms with Crippen molar-refractivity contribution in [3.63, 3.8) is 0 Å². The normalized spacial score (nSPS) is 15.4. The fourth-order valence-electron chi connectivity index (χ4n) is 1.83. The van der Waals surface area contributed by atoms with Crippen LogP contribution in [-0.2, 0) is 24.4 Å². The van der Waals surface area contributed by atoms with Gasteiger partial charge in [0, 0.05) is 0 Å². The molecule has 4 heteroatoms. The monoisotopic (exact) mass is 268 g/mol. The average Bonchev–Trinajstić information content (AvgIpc) is 2.92. The summed E-state index contributed by atoms with van der Waals surface area (Å²) in [6.07, 6.45) is 8.12. The van der Waals surface area contributed by atoms with Gasteiger partial charge in [-0.05, 0) is 0 Å². The summed E-state index contributed by atoms with van der Waals surface area (Å²) in [6, 6.07) is 9.67. The number of rotatable bonds is 5. The second-order valence-electron chi connectivity index (χ2n) is 3.72. The molecule has 0 spiro atoms. The Labute approximate surface area is 106 Å². The third-order valence-corrected chi connectivity index (χ3v) is 7.19. The molecule has 1 aromatic rings. The van der Waals surface area contributed by atoms with Crippen LogP contribution in [0.1, 0.15) is 0 Å². The molecule has 1 aliphatic carbocycles. The van der Waals surface area contributed by atoms with Crippen LogP contribution in [0.3, 0.4) is 0 Å². The Morgan fingerprint density at radius 2 is 1.53 bits per heavy atom. The van der Waals surface area contributed by atoms with Gasteiger partial charge in [-0.1, -0.05) is 0 Å². The molecule has 1 aromatic carbocycles. The first-order valence-electron chi connectivity index (χ1n) is 5.50. The third-order valence-electron chi connectivity index (χ3n) is 2.73. The quantitative estimate of drug-likeness (QED) is 0.768. The van der Waals surface area contributed by atoms with Crippen molar-refractivity contribution in [3.8, 4) is 5.75 Å². The summed E-state index contributed by atoms with van der Waals surface area (Å²) in [4.78, 5) is 0. The molecule has 0 aliphatic heterocycles. The van der Waals surface area contributed by atoms with E-state index in [0.29, 0.717) is 0 Å². The van der Waals surface area contributed by atoms with E-state index >= 15 is 0 Å². The first kappa shape index (κ1) is 12.6.